The van der Waals surface area contributed by atoms with Crippen molar-refractivity contribution in [3.05, 3.63) is 70.7 Å². The van der Waals surface area contributed by atoms with E-state index in [2.05, 4.69) is 16.0 Å². The minimum atomic E-state index is -3.66. The Labute approximate surface area is 236 Å². The number of aldehydes is 1. The van der Waals surface area contributed by atoms with Gasteiger partial charge < -0.3 is 25.5 Å². The molecule has 3 amide bonds. The Balaban J connectivity index is 1.51. The summed E-state index contributed by atoms with van der Waals surface area (Å²) in [6, 6.07) is 10.6. The number of benzene rings is 2. The Morgan fingerprint density at radius 3 is 2.50 bits per heavy atom. The summed E-state index contributed by atoms with van der Waals surface area (Å²) in [6.45, 7) is 2.44. The van der Waals surface area contributed by atoms with Crippen LogP contribution in [0, 0.1) is 11.3 Å². The van der Waals surface area contributed by atoms with Gasteiger partial charge in [-0.15, -0.1) is 0 Å². The van der Waals surface area contributed by atoms with Gasteiger partial charge in [0, 0.05) is 23.0 Å². The van der Waals surface area contributed by atoms with Crippen molar-refractivity contribution in [2.24, 2.45) is 11.3 Å². The first-order valence-electron chi connectivity index (χ1n) is 13.2. The normalized spacial score (nSPS) is 20.0. The lowest BCUT2D eigenvalue weighted by atomic mass is 9.96. The highest BCUT2D eigenvalue weighted by Crippen LogP contribution is 2.49. The number of halogens is 3. The molecule has 8 nitrogen and oxygen atoms in total. The number of hydrogen-bond acceptors (Lipinski definition) is 5. The maximum atomic E-state index is 15.8. The number of carbonyl (C=O) groups is 4. The van der Waals surface area contributed by atoms with E-state index in [-0.39, 0.29) is 34.7 Å². The molecule has 40 heavy (non-hydrogen) atoms. The summed E-state index contributed by atoms with van der Waals surface area (Å²) in [6.07, 6.45) is -0.129. The Bertz CT molecular complexity index is 1240. The predicted octanol–water partition coefficient (Wildman–Crippen LogP) is 4.67. The Morgan fingerprint density at radius 2 is 1.90 bits per heavy atom. The number of alkyl halides is 2. The van der Waals surface area contributed by atoms with Crippen LogP contribution in [-0.2, 0) is 25.0 Å². The van der Waals surface area contributed by atoms with Crippen LogP contribution in [0.2, 0.25) is 5.02 Å². The molecule has 0 spiro atoms. The monoisotopic (exact) mass is 575 g/mol. The van der Waals surface area contributed by atoms with Crippen LogP contribution in [0.5, 0.6) is 0 Å². The molecule has 2 aromatic carbocycles. The van der Waals surface area contributed by atoms with Gasteiger partial charge in [0.05, 0.1) is 6.04 Å². The minimum Gasteiger partial charge on any atom is -0.434 e. The van der Waals surface area contributed by atoms with Gasteiger partial charge in [0.2, 0.25) is 11.8 Å². The molecular weight excluding hydrogens is 544 g/mol. The van der Waals surface area contributed by atoms with Crippen molar-refractivity contribution >= 4 is 35.8 Å². The third-order valence-electron chi connectivity index (χ3n) is 7.47. The van der Waals surface area contributed by atoms with E-state index in [1.807, 2.05) is 6.92 Å². The van der Waals surface area contributed by atoms with Crippen LogP contribution in [0.4, 0.5) is 13.6 Å². The van der Waals surface area contributed by atoms with E-state index < -0.39 is 47.6 Å². The molecule has 1 unspecified atom stereocenters. The van der Waals surface area contributed by atoms with E-state index >= 15 is 8.78 Å². The quantitative estimate of drug-likeness (QED) is 0.318. The van der Waals surface area contributed by atoms with Gasteiger partial charge in [0.15, 0.2) is 6.10 Å². The second-order valence-corrected chi connectivity index (χ2v) is 11.2. The van der Waals surface area contributed by atoms with Crippen LogP contribution in [0.15, 0.2) is 54.6 Å². The summed E-state index contributed by atoms with van der Waals surface area (Å²) >= 11 is 5.95. The van der Waals surface area contributed by atoms with Gasteiger partial charge in [-0.3, -0.25) is 9.59 Å². The van der Waals surface area contributed by atoms with Crippen molar-refractivity contribution < 1.29 is 32.7 Å². The molecular formula is C29H32ClF2N3O5. The van der Waals surface area contributed by atoms with E-state index in [4.69, 9.17) is 16.3 Å². The van der Waals surface area contributed by atoms with Crippen molar-refractivity contribution in [3.63, 3.8) is 0 Å². The van der Waals surface area contributed by atoms with Crippen molar-refractivity contribution in [3.8, 4) is 0 Å². The van der Waals surface area contributed by atoms with Crippen molar-refractivity contribution in [2.45, 2.75) is 63.1 Å². The Hall–Kier alpha value is -3.53. The maximum absolute atomic E-state index is 15.8. The highest BCUT2D eigenvalue weighted by molar-refractivity contribution is 6.30. The van der Waals surface area contributed by atoms with Gasteiger partial charge in [-0.05, 0) is 55.2 Å². The average molecular weight is 576 g/mol. The van der Waals surface area contributed by atoms with Crippen LogP contribution in [0.1, 0.15) is 56.3 Å². The molecule has 214 valence electrons. The molecule has 3 N–H and O–H groups in total. The van der Waals surface area contributed by atoms with Crippen molar-refractivity contribution in [1.29, 1.82) is 0 Å². The van der Waals surface area contributed by atoms with E-state index in [9.17, 15) is 19.2 Å². The zero-order valence-electron chi connectivity index (χ0n) is 22.0. The second kappa shape index (κ2) is 12.3. The van der Waals surface area contributed by atoms with Gasteiger partial charge in [0.25, 0.3) is 0 Å². The fourth-order valence-electron chi connectivity index (χ4n) is 4.84. The summed E-state index contributed by atoms with van der Waals surface area (Å²) < 4.78 is 36.8. The summed E-state index contributed by atoms with van der Waals surface area (Å²) in [5.41, 5.74) is -0.610. The summed E-state index contributed by atoms with van der Waals surface area (Å²) in [7, 11) is 0. The van der Waals surface area contributed by atoms with Crippen LogP contribution in [0.25, 0.3) is 0 Å². The predicted molar refractivity (Wildman–Crippen MR) is 144 cm³/mol. The van der Waals surface area contributed by atoms with E-state index in [1.54, 1.807) is 18.2 Å². The zero-order chi connectivity index (χ0) is 28.9. The molecule has 4 rings (SSSR count). The molecule has 1 saturated carbocycles. The molecule has 1 aliphatic heterocycles. The first-order chi connectivity index (χ1) is 19.0. The number of amides is 3. The standard InChI is InChI=1S/C29H32ClF2N3O5/c1-28(11-12-28)16-23(26(38)34-22(17-36)14-19-10-13-33-25(19)37)35-27(39)40-24(18-6-3-2-4-7-18)29(31,32)20-8-5-9-21(30)15-20/h2-9,15,17,19,22-24H,10-14,16H2,1H3,(H,33,37)(H,34,38)(H,35,39)/t19-,22-,23-,24?/m0/s1. The van der Waals surface area contributed by atoms with E-state index in [0.29, 0.717) is 19.3 Å². The smallest absolute Gasteiger partial charge is 0.408 e. The highest BCUT2D eigenvalue weighted by Gasteiger charge is 2.47. The number of nitrogens with one attached hydrogen (secondary N) is 3. The van der Waals surface area contributed by atoms with Gasteiger partial charge >= 0.3 is 12.0 Å². The fraction of sp³-hybridized carbons (Fsp3) is 0.448. The third kappa shape index (κ3) is 7.35. The fourth-order valence-corrected chi connectivity index (χ4v) is 5.03. The van der Waals surface area contributed by atoms with E-state index in [0.717, 1.165) is 18.9 Å². The van der Waals surface area contributed by atoms with Crippen LogP contribution in [0.3, 0.4) is 0 Å². The molecule has 1 aliphatic carbocycles. The van der Waals surface area contributed by atoms with Crippen molar-refractivity contribution in [2.75, 3.05) is 6.54 Å². The van der Waals surface area contributed by atoms with Crippen molar-refractivity contribution in [1.82, 2.24) is 16.0 Å². The lowest BCUT2D eigenvalue weighted by Gasteiger charge is -2.29. The number of hydrogen-bond donors (Lipinski definition) is 3. The molecule has 0 radical (unpaired) electrons. The van der Waals surface area contributed by atoms with Crippen LogP contribution >= 0.6 is 11.6 Å². The molecule has 2 aliphatic rings. The minimum absolute atomic E-state index is 0.0497. The summed E-state index contributed by atoms with van der Waals surface area (Å²) in [5.74, 6) is -4.90. The Morgan fingerprint density at radius 1 is 1.18 bits per heavy atom. The molecule has 1 saturated heterocycles. The highest BCUT2D eigenvalue weighted by atomic mass is 35.5. The van der Waals surface area contributed by atoms with Crippen LogP contribution < -0.4 is 16.0 Å². The average Bonchev–Trinajstić information content (AvgIpc) is 3.52. The Kier molecular flexibility index (Phi) is 9.08. The first-order valence-corrected chi connectivity index (χ1v) is 13.6. The number of rotatable bonds is 12. The topological polar surface area (TPSA) is 114 Å². The molecule has 4 atom stereocenters. The molecule has 0 bridgehead atoms. The molecule has 11 heteroatoms. The maximum Gasteiger partial charge on any atom is 0.408 e. The summed E-state index contributed by atoms with van der Waals surface area (Å²) in [4.78, 5) is 49.9. The van der Waals surface area contributed by atoms with Crippen LogP contribution in [-0.4, -0.2) is 42.8 Å². The number of carbonyl (C=O) groups excluding carboxylic acids is 4. The number of alkyl carbamates (subject to hydrolysis) is 1. The lowest BCUT2D eigenvalue weighted by molar-refractivity contribution is -0.129. The van der Waals surface area contributed by atoms with Gasteiger partial charge in [-0.1, -0.05) is 61.0 Å². The summed E-state index contributed by atoms with van der Waals surface area (Å²) in [5, 5.41) is 7.84. The van der Waals surface area contributed by atoms with Gasteiger partial charge in [0.1, 0.15) is 12.3 Å². The second-order valence-electron chi connectivity index (χ2n) is 10.8. The van der Waals surface area contributed by atoms with Gasteiger partial charge in [-0.2, -0.15) is 8.78 Å². The largest absolute Gasteiger partial charge is 0.434 e. The van der Waals surface area contributed by atoms with E-state index in [1.165, 1.54) is 30.3 Å². The van der Waals surface area contributed by atoms with Gasteiger partial charge in [-0.25, -0.2) is 4.79 Å². The molecule has 2 aromatic rings. The molecule has 2 fully saturated rings. The zero-order valence-corrected chi connectivity index (χ0v) is 22.8. The first kappa shape index (κ1) is 29.5. The SMILES string of the molecule is CC1(C[C@H](NC(=O)OC(c2ccccc2)C(F)(F)c2cccc(Cl)c2)C(=O)N[C@H](C=O)C[C@@H]2CCNC2=O)CC1. The number of ether oxygens (including phenoxy) is 1. The molecule has 1 heterocycles. The molecule has 0 aromatic heterocycles. The third-order valence-corrected chi connectivity index (χ3v) is 7.70. The lowest BCUT2D eigenvalue weighted by Crippen LogP contribution is -2.51.